The maximum Gasteiger partial charge on any atom is 0.119 e. The van der Waals surface area contributed by atoms with Crippen molar-refractivity contribution in [2.75, 3.05) is 20.2 Å². The van der Waals surface area contributed by atoms with Gasteiger partial charge in [-0.15, -0.1) is 0 Å². The first-order valence-corrected chi connectivity index (χ1v) is 6.82. The molecule has 0 radical (unpaired) electrons. The van der Waals surface area contributed by atoms with Gasteiger partial charge in [-0.05, 0) is 56.0 Å². The summed E-state index contributed by atoms with van der Waals surface area (Å²) < 4.78 is 5.19. The number of methoxy groups -OCH3 is 1. The van der Waals surface area contributed by atoms with E-state index in [4.69, 9.17) is 4.74 Å². The molecule has 0 aliphatic carbocycles. The monoisotopic (exact) mass is 249 g/mol. The van der Waals surface area contributed by atoms with E-state index in [1.54, 1.807) is 7.11 Å². The van der Waals surface area contributed by atoms with Gasteiger partial charge in [0.25, 0.3) is 0 Å². The van der Waals surface area contributed by atoms with Gasteiger partial charge in [-0.1, -0.05) is 18.6 Å². The summed E-state index contributed by atoms with van der Waals surface area (Å²) in [6.07, 6.45) is 4.19. The third kappa shape index (κ3) is 3.72. The molecule has 2 N–H and O–H groups in total. The molecule has 2 unspecified atom stereocenters. The highest BCUT2D eigenvalue weighted by atomic mass is 16.5. The Morgan fingerprint density at radius 2 is 2.33 bits per heavy atom. The molecular weight excluding hydrogens is 226 g/mol. The highest BCUT2D eigenvalue weighted by Crippen LogP contribution is 2.27. The summed E-state index contributed by atoms with van der Waals surface area (Å²) in [6.45, 7) is 2.15. The van der Waals surface area contributed by atoms with Crippen LogP contribution in [0.15, 0.2) is 24.3 Å². The SMILES string of the molecule is COc1cccc(C(O)CC2CCCCNC2)c1. The van der Waals surface area contributed by atoms with Gasteiger partial charge in [-0.2, -0.15) is 0 Å². The number of aliphatic hydroxyl groups excluding tert-OH is 1. The third-order valence-electron chi connectivity index (χ3n) is 3.68. The topological polar surface area (TPSA) is 41.5 Å². The Kier molecular flexibility index (Phi) is 5.02. The lowest BCUT2D eigenvalue weighted by Gasteiger charge is -2.19. The molecule has 1 fully saturated rings. The molecule has 1 aliphatic rings. The predicted octanol–water partition coefficient (Wildman–Crippen LogP) is 2.51. The lowest BCUT2D eigenvalue weighted by atomic mass is 9.93. The Labute approximate surface area is 109 Å². The Hall–Kier alpha value is -1.06. The number of nitrogens with one attached hydrogen (secondary N) is 1. The molecule has 1 aliphatic heterocycles. The molecular formula is C15H23NO2. The number of hydrogen-bond acceptors (Lipinski definition) is 3. The van der Waals surface area contributed by atoms with Gasteiger partial charge in [0, 0.05) is 0 Å². The maximum atomic E-state index is 10.3. The fraction of sp³-hybridized carbons (Fsp3) is 0.600. The first kappa shape index (κ1) is 13.4. The second kappa shape index (κ2) is 6.76. The van der Waals surface area contributed by atoms with Gasteiger partial charge in [0.2, 0.25) is 0 Å². The fourth-order valence-electron chi connectivity index (χ4n) is 2.59. The van der Waals surface area contributed by atoms with Crippen molar-refractivity contribution in [2.24, 2.45) is 5.92 Å². The van der Waals surface area contributed by atoms with Crippen LogP contribution in [0.25, 0.3) is 0 Å². The molecule has 2 rings (SSSR count). The normalized spacial score (nSPS) is 22.2. The largest absolute Gasteiger partial charge is 0.497 e. The molecule has 1 heterocycles. The number of benzene rings is 1. The highest BCUT2D eigenvalue weighted by molar-refractivity contribution is 5.29. The Bertz CT molecular complexity index is 359. The van der Waals surface area contributed by atoms with Crippen molar-refractivity contribution in [2.45, 2.75) is 31.8 Å². The number of ether oxygens (including phenoxy) is 1. The summed E-state index contributed by atoms with van der Waals surface area (Å²) in [6, 6.07) is 7.73. The molecule has 0 amide bonds. The first-order chi connectivity index (χ1) is 8.79. The minimum Gasteiger partial charge on any atom is -0.497 e. The van der Waals surface area contributed by atoms with E-state index in [0.29, 0.717) is 5.92 Å². The van der Waals surface area contributed by atoms with E-state index in [0.717, 1.165) is 30.8 Å². The summed E-state index contributed by atoms with van der Waals surface area (Å²) in [5.41, 5.74) is 0.957. The molecule has 1 aromatic rings. The zero-order chi connectivity index (χ0) is 12.8. The average molecular weight is 249 g/mol. The smallest absolute Gasteiger partial charge is 0.119 e. The molecule has 0 aromatic heterocycles. The minimum atomic E-state index is -0.384. The maximum absolute atomic E-state index is 10.3. The molecule has 3 heteroatoms. The van der Waals surface area contributed by atoms with Crippen LogP contribution in [-0.4, -0.2) is 25.3 Å². The van der Waals surface area contributed by atoms with Crippen molar-refractivity contribution < 1.29 is 9.84 Å². The molecule has 1 aromatic carbocycles. The molecule has 0 bridgehead atoms. The van der Waals surface area contributed by atoms with Crippen molar-refractivity contribution in [1.29, 1.82) is 0 Å². The van der Waals surface area contributed by atoms with Gasteiger partial charge in [0.1, 0.15) is 5.75 Å². The van der Waals surface area contributed by atoms with Gasteiger partial charge in [-0.3, -0.25) is 0 Å². The zero-order valence-corrected chi connectivity index (χ0v) is 11.1. The summed E-state index contributed by atoms with van der Waals surface area (Å²) in [5.74, 6) is 1.39. The van der Waals surface area contributed by atoms with Crippen LogP contribution in [0.2, 0.25) is 0 Å². The van der Waals surface area contributed by atoms with E-state index in [2.05, 4.69) is 5.32 Å². The lowest BCUT2D eigenvalue weighted by Crippen LogP contribution is -2.22. The van der Waals surface area contributed by atoms with Crippen LogP contribution in [0.3, 0.4) is 0 Å². The van der Waals surface area contributed by atoms with Crippen LogP contribution in [-0.2, 0) is 0 Å². The Balaban J connectivity index is 1.95. The van der Waals surface area contributed by atoms with Crippen LogP contribution in [0.1, 0.15) is 37.4 Å². The molecule has 2 atom stereocenters. The number of rotatable bonds is 4. The third-order valence-corrected chi connectivity index (χ3v) is 3.68. The van der Waals surface area contributed by atoms with Crippen LogP contribution < -0.4 is 10.1 Å². The zero-order valence-electron chi connectivity index (χ0n) is 11.1. The highest BCUT2D eigenvalue weighted by Gasteiger charge is 2.17. The number of aliphatic hydroxyl groups is 1. The molecule has 100 valence electrons. The van der Waals surface area contributed by atoms with E-state index < -0.39 is 0 Å². The number of hydrogen-bond donors (Lipinski definition) is 2. The standard InChI is InChI=1S/C15H23NO2/c1-18-14-7-4-6-13(10-14)15(17)9-12-5-2-3-8-16-11-12/h4,6-7,10,12,15-17H,2-3,5,8-9,11H2,1H3. The van der Waals surface area contributed by atoms with Gasteiger partial charge in [0.05, 0.1) is 13.2 Å². The van der Waals surface area contributed by atoms with E-state index in [1.165, 1.54) is 19.3 Å². The molecule has 1 saturated heterocycles. The first-order valence-electron chi connectivity index (χ1n) is 6.82. The van der Waals surface area contributed by atoms with Crippen molar-refractivity contribution >= 4 is 0 Å². The van der Waals surface area contributed by atoms with Gasteiger partial charge < -0.3 is 15.2 Å². The van der Waals surface area contributed by atoms with Gasteiger partial charge in [-0.25, -0.2) is 0 Å². The lowest BCUT2D eigenvalue weighted by molar-refractivity contribution is 0.141. The second-order valence-corrected chi connectivity index (χ2v) is 5.09. The summed E-state index contributed by atoms with van der Waals surface area (Å²) >= 11 is 0. The second-order valence-electron chi connectivity index (χ2n) is 5.09. The average Bonchev–Trinajstić information content (AvgIpc) is 2.67. The summed E-state index contributed by atoms with van der Waals surface area (Å²) in [7, 11) is 1.65. The predicted molar refractivity (Wildman–Crippen MR) is 72.8 cm³/mol. The minimum absolute atomic E-state index is 0.384. The van der Waals surface area contributed by atoms with E-state index in [1.807, 2.05) is 24.3 Å². The van der Waals surface area contributed by atoms with Gasteiger partial charge in [0.15, 0.2) is 0 Å². The summed E-state index contributed by atoms with van der Waals surface area (Å²) in [4.78, 5) is 0. The van der Waals surface area contributed by atoms with Gasteiger partial charge >= 0.3 is 0 Å². The summed E-state index contributed by atoms with van der Waals surface area (Å²) in [5, 5.41) is 13.7. The molecule has 3 nitrogen and oxygen atoms in total. The fourth-order valence-corrected chi connectivity index (χ4v) is 2.59. The Morgan fingerprint density at radius 3 is 3.17 bits per heavy atom. The quantitative estimate of drug-likeness (QED) is 0.861. The molecule has 18 heavy (non-hydrogen) atoms. The van der Waals surface area contributed by atoms with Crippen molar-refractivity contribution in [3.8, 4) is 5.75 Å². The van der Waals surface area contributed by atoms with Crippen LogP contribution in [0.4, 0.5) is 0 Å². The van der Waals surface area contributed by atoms with E-state index >= 15 is 0 Å². The Morgan fingerprint density at radius 1 is 1.44 bits per heavy atom. The van der Waals surface area contributed by atoms with Crippen molar-refractivity contribution in [1.82, 2.24) is 5.32 Å². The van der Waals surface area contributed by atoms with Crippen molar-refractivity contribution in [3.05, 3.63) is 29.8 Å². The van der Waals surface area contributed by atoms with Crippen molar-refractivity contribution in [3.63, 3.8) is 0 Å². The van der Waals surface area contributed by atoms with Crippen LogP contribution in [0, 0.1) is 5.92 Å². The van der Waals surface area contributed by atoms with Crippen LogP contribution >= 0.6 is 0 Å². The van der Waals surface area contributed by atoms with E-state index in [9.17, 15) is 5.11 Å². The van der Waals surface area contributed by atoms with E-state index in [-0.39, 0.29) is 6.10 Å². The van der Waals surface area contributed by atoms with Crippen LogP contribution in [0.5, 0.6) is 5.75 Å². The molecule has 0 saturated carbocycles. The molecule has 0 spiro atoms.